The molecule has 2 saturated heterocycles. The molecule has 2 heterocycles. The van der Waals surface area contributed by atoms with Crippen LogP contribution in [0.4, 0.5) is 0 Å². The first kappa shape index (κ1) is 12.2. The number of hydrogen-bond donors (Lipinski definition) is 1. The molecule has 2 aliphatic rings. The first-order chi connectivity index (χ1) is 8.16. The molecular weight excluding hydrogens is 242 g/mol. The third-order valence-electron chi connectivity index (χ3n) is 2.77. The van der Waals surface area contributed by atoms with Crippen LogP contribution in [-0.2, 0) is 14.4 Å². The van der Waals surface area contributed by atoms with Gasteiger partial charge in [-0.05, 0) is 6.42 Å². The molecule has 0 aromatic rings. The average molecular weight is 257 g/mol. The molecule has 0 atom stereocenters. The van der Waals surface area contributed by atoms with E-state index >= 15 is 0 Å². The molecule has 0 aliphatic carbocycles. The van der Waals surface area contributed by atoms with Crippen LogP contribution in [-0.4, -0.2) is 65.3 Å². The lowest BCUT2D eigenvalue weighted by Gasteiger charge is -2.22. The van der Waals surface area contributed by atoms with Gasteiger partial charge in [0.2, 0.25) is 17.7 Å². The molecule has 0 bridgehead atoms. The standard InChI is InChI=1S/C10H15N3O3S/c14-8-4-12(3-1-2-11-8)9(15)5-13-7-17-6-10(13)16/h1-7H2,(H,11,14). The summed E-state index contributed by atoms with van der Waals surface area (Å²) < 4.78 is 0. The van der Waals surface area contributed by atoms with E-state index in [-0.39, 0.29) is 30.8 Å². The molecule has 6 nitrogen and oxygen atoms in total. The lowest BCUT2D eigenvalue weighted by molar-refractivity contribution is -0.139. The highest BCUT2D eigenvalue weighted by Gasteiger charge is 2.26. The van der Waals surface area contributed by atoms with Crippen LogP contribution in [0.5, 0.6) is 0 Å². The Bertz CT molecular complexity index is 348. The molecule has 0 spiro atoms. The van der Waals surface area contributed by atoms with Gasteiger partial charge in [-0.25, -0.2) is 0 Å². The van der Waals surface area contributed by atoms with E-state index in [0.717, 1.165) is 6.42 Å². The lowest BCUT2D eigenvalue weighted by atomic mass is 10.3. The molecule has 0 saturated carbocycles. The van der Waals surface area contributed by atoms with Gasteiger partial charge in [0, 0.05) is 13.1 Å². The van der Waals surface area contributed by atoms with Gasteiger partial charge in [-0.1, -0.05) is 0 Å². The van der Waals surface area contributed by atoms with E-state index in [0.29, 0.717) is 24.7 Å². The quantitative estimate of drug-likeness (QED) is 0.679. The minimum Gasteiger partial charge on any atom is -0.354 e. The van der Waals surface area contributed by atoms with Crippen LogP contribution in [0.2, 0.25) is 0 Å². The summed E-state index contributed by atoms with van der Waals surface area (Å²) >= 11 is 1.51. The fourth-order valence-corrected chi connectivity index (χ4v) is 2.73. The third kappa shape index (κ3) is 3.12. The second-order valence-corrected chi connectivity index (χ2v) is 5.04. The minimum atomic E-state index is -0.141. The Labute approximate surface area is 104 Å². The van der Waals surface area contributed by atoms with E-state index in [4.69, 9.17) is 0 Å². The number of carbonyl (C=O) groups is 3. The van der Waals surface area contributed by atoms with E-state index in [1.165, 1.54) is 21.6 Å². The fourth-order valence-electron chi connectivity index (χ4n) is 1.82. The van der Waals surface area contributed by atoms with Gasteiger partial charge in [0.1, 0.15) is 6.54 Å². The molecule has 3 amide bonds. The molecule has 0 aromatic carbocycles. The third-order valence-corrected chi connectivity index (χ3v) is 3.71. The monoisotopic (exact) mass is 257 g/mol. The maximum Gasteiger partial charge on any atom is 0.242 e. The van der Waals surface area contributed by atoms with Crippen LogP contribution in [0.25, 0.3) is 0 Å². The highest BCUT2D eigenvalue weighted by molar-refractivity contribution is 8.00. The number of carbonyl (C=O) groups excluding carboxylic acids is 3. The Hall–Kier alpha value is -1.24. The van der Waals surface area contributed by atoms with Crippen LogP contribution >= 0.6 is 11.8 Å². The average Bonchev–Trinajstić information content (AvgIpc) is 2.57. The number of amides is 3. The molecule has 17 heavy (non-hydrogen) atoms. The number of thioether (sulfide) groups is 1. The van der Waals surface area contributed by atoms with Gasteiger partial charge in [0.15, 0.2) is 0 Å². The zero-order valence-electron chi connectivity index (χ0n) is 9.48. The predicted octanol–water partition coefficient (Wildman–Crippen LogP) is -1.13. The second kappa shape index (κ2) is 5.39. The van der Waals surface area contributed by atoms with Crippen molar-refractivity contribution in [2.24, 2.45) is 0 Å². The van der Waals surface area contributed by atoms with E-state index in [2.05, 4.69) is 5.32 Å². The lowest BCUT2D eigenvalue weighted by Crippen LogP contribution is -2.43. The molecule has 2 rings (SSSR count). The molecule has 94 valence electrons. The Morgan fingerprint density at radius 3 is 2.94 bits per heavy atom. The first-order valence-corrected chi connectivity index (χ1v) is 6.72. The van der Waals surface area contributed by atoms with Gasteiger partial charge in [0.05, 0.1) is 18.2 Å². The van der Waals surface area contributed by atoms with Crippen molar-refractivity contribution in [3.8, 4) is 0 Å². The van der Waals surface area contributed by atoms with Crippen LogP contribution in [0.3, 0.4) is 0 Å². The van der Waals surface area contributed by atoms with Gasteiger partial charge >= 0.3 is 0 Å². The van der Waals surface area contributed by atoms with Gasteiger partial charge in [-0.3, -0.25) is 14.4 Å². The van der Waals surface area contributed by atoms with Gasteiger partial charge < -0.3 is 15.1 Å². The van der Waals surface area contributed by atoms with Crippen LogP contribution < -0.4 is 5.32 Å². The summed E-state index contributed by atoms with van der Waals surface area (Å²) in [4.78, 5) is 37.7. The Morgan fingerprint density at radius 2 is 2.24 bits per heavy atom. The molecule has 0 radical (unpaired) electrons. The number of nitrogens with one attached hydrogen (secondary N) is 1. The molecule has 0 aromatic heterocycles. The summed E-state index contributed by atoms with van der Waals surface area (Å²) in [5.74, 6) is 0.761. The van der Waals surface area contributed by atoms with Crippen molar-refractivity contribution < 1.29 is 14.4 Å². The smallest absolute Gasteiger partial charge is 0.242 e. The normalized spacial score (nSPS) is 21.4. The summed E-state index contributed by atoms with van der Waals surface area (Å²) in [6.07, 6.45) is 0.764. The van der Waals surface area contributed by atoms with E-state index in [9.17, 15) is 14.4 Å². The highest BCUT2D eigenvalue weighted by atomic mass is 32.2. The Balaban J connectivity index is 1.89. The predicted molar refractivity (Wildman–Crippen MR) is 63.2 cm³/mol. The van der Waals surface area contributed by atoms with E-state index in [1.54, 1.807) is 0 Å². The van der Waals surface area contributed by atoms with E-state index < -0.39 is 0 Å². The first-order valence-electron chi connectivity index (χ1n) is 5.57. The molecule has 1 N–H and O–H groups in total. The van der Waals surface area contributed by atoms with Crippen molar-refractivity contribution in [2.45, 2.75) is 6.42 Å². The maximum atomic E-state index is 11.9. The van der Waals surface area contributed by atoms with Gasteiger partial charge in [-0.15, -0.1) is 11.8 Å². The van der Waals surface area contributed by atoms with E-state index in [1.807, 2.05) is 0 Å². The summed E-state index contributed by atoms with van der Waals surface area (Å²) in [7, 11) is 0. The van der Waals surface area contributed by atoms with Crippen molar-refractivity contribution >= 4 is 29.5 Å². The van der Waals surface area contributed by atoms with Gasteiger partial charge in [0.25, 0.3) is 0 Å². The van der Waals surface area contributed by atoms with Crippen molar-refractivity contribution in [3.05, 3.63) is 0 Å². The minimum absolute atomic E-state index is 0.00243. The SMILES string of the molecule is O=C1CN(C(=O)CN2CSCC2=O)CCCN1. The van der Waals surface area contributed by atoms with Crippen molar-refractivity contribution in [2.75, 3.05) is 37.8 Å². The summed E-state index contributed by atoms with van der Waals surface area (Å²) in [6.45, 7) is 1.39. The number of rotatable bonds is 2. The Kier molecular flexibility index (Phi) is 3.88. The zero-order valence-corrected chi connectivity index (χ0v) is 10.3. The maximum absolute atomic E-state index is 11.9. The molecular formula is C10H15N3O3S. The fraction of sp³-hybridized carbons (Fsp3) is 0.700. The summed E-state index contributed by atoms with van der Waals surface area (Å²) in [5, 5.41) is 2.71. The number of nitrogens with zero attached hydrogens (tertiary/aromatic N) is 2. The van der Waals surface area contributed by atoms with Crippen LogP contribution in [0, 0.1) is 0 Å². The topological polar surface area (TPSA) is 69.7 Å². The van der Waals surface area contributed by atoms with Crippen molar-refractivity contribution in [1.82, 2.24) is 15.1 Å². The van der Waals surface area contributed by atoms with Gasteiger partial charge in [-0.2, -0.15) is 0 Å². The Morgan fingerprint density at radius 1 is 1.41 bits per heavy atom. The van der Waals surface area contributed by atoms with Crippen molar-refractivity contribution in [3.63, 3.8) is 0 Å². The summed E-state index contributed by atoms with van der Waals surface area (Å²) in [6, 6.07) is 0. The highest BCUT2D eigenvalue weighted by Crippen LogP contribution is 2.14. The molecule has 2 aliphatic heterocycles. The van der Waals surface area contributed by atoms with Crippen molar-refractivity contribution in [1.29, 1.82) is 0 Å². The summed E-state index contributed by atoms with van der Waals surface area (Å²) in [5.41, 5.74) is 0. The zero-order chi connectivity index (χ0) is 12.3. The second-order valence-electron chi connectivity index (χ2n) is 4.09. The molecule has 0 unspecified atom stereocenters. The molecule has 2 fully saturated rings. The number of hydrogen-bond acceptors (Lipinski definition) is 4. The molecule has 7 heteroatoms. The largest absolute Gasteiger partial charge is 0.354 e. The van der Waals surface area contributed by atoms with Crippen LogP contribution in [0.1, 0.15) is 6.42 Å². The van der Waals surface area contributed by atoms with Crippen LogP contribution in [0.15, 0.2) is 0 Å².